The standard InChI is InChI=1S/C11H16N2O2/c1-9(8-15-3)13(2)11-10(7-14)5-4-6-12-11/h4-7,9H,8H2,1-3H3. The Bertz CT molecular complexity index is 328. The van der Waals surface area contributed by atoms with Crippen LogP contribution in [0.1, 0.15) is 17.3 Å². The minimum atomic E-state index is 0.184. The van der Waals surface area contributed by atoms with Crippen molar-refractivity contribution in [3.8, 4) is 0 Å². The molecule has 0 fully saturated rings. The van der Waals surface area contributed by atoms with E-state index >= 15 is 0 Å². The second-order valence-corrected chi connectivity index (χ2v) is 3.45. The van der Waals surface area contributed by atoms with Crippen LogP contribution in [0.5, 0.6) is 0 Å². The number of nitrogens with zero attached hydrogens (tertiary/aromatic N) is 2. The zero-order valence-corrected chi connectivity index (χ0v) is 9.30. The molecule has 1 unspecified atom stereocenters. The van der Waals surface area contributed by atoms with Crippen molar-refractivity contribution in [2.24, 2.45) is 0 Å². The van der Waals surface area contributed by atoms with E-state index in [4.69, 9.17) is 4.74 Å². The van der Waals surface area contributed by atoms with Gasteiger partial charge < -0.3 is 9.64 Å². The molecule has 4 nitrogen and oxygen atoms in total. The van der Waals surface area contributed by atoms with E-state index in [1.165, 1.54) is 0 Å². The van der Waals surface area contributed by atoms with E-state index < -0.39 is 0 Å². The van der Waals surface area contributed by atoms with Crippen molar-refractivity contribution in [1.82, 2.24) is 4.98 Å². The lowest BCUT2D eigenvalue weighted by Crippen LogP contribution is -2.33. The molecule has 0 aromatic carbocycles. The average Bonchev–Trinajstić information content (AvgIpc) is 2.28. The number of hydrogen-bond donors (Lipinski definition) is 0. The second kappa shape index (κ2) is 5.46. The maximum absolute atomic E-state index is 10.8. The number of methoxy groups -OCH3 is 1. The fraction of sp³-hybridized carbons (Fsp3) is 0.455. The highest BCUT2D eigenvalue weighted by molar-refractivity contribution is 5.82. The molecule has 0 saturated heterocycles. The number of carbonyl (C=O) groups excluding carboxylic acids is 1. The fourth-order valence-corrected chi connectivity index (χ4v) is 1.36. The van der Waals surface area contributed by atoms with Crippen LogP contribution in [0.15, 0.2) is 18.3 Å². The van der Waals surface area contributed by atoms with Gasteiger partial charge in [0.1, 0.15) is 5.82 Å². The summed E-state index contributed by atoms with van der Waals surface area (Å²) in [6.07, 6.45) is 2.50. The zero-order chi connectivity index (χ0) is 11.3. The third-order valence-electron chi connectivity index (χ3n) is 2.35. The number of rotatable bonds is 5. The Morgan fingerprint density at radius 3 is 3.00 bits per heavy atom. The molecule has 82 valence electrons. The van der Waals surface area contributed by atoms with Crippen LogP contribution in [-0.2, 0) is 4.74 Å². The molecule has 4 heteroatoms. The van der Waals surface area contributed by atoms with E-state index in [0.717, 1.165) is 6.29 Å². The van der Waals surface area contributed by atoms with Gasteiger partial charge in [0.15, 0.2) is 6.29 Å². The van der Waals surface area contributed by atoms with Gasteiger partial charge >= 0.3 is 0 Å². The van der Waals surface area contributed by atoms with Crippen molar-refractivity contribution in [3.05, 3.63) is 23.9 Å². The molecule has 0 radical (unpaired) electrons. The highest BCUT2D eigenvalue weighted by Gasteiger charge is 2.13. The Balaban J connectivity index is 2.89. The van der Waals surface area contributed by atoms with Gasteiger partial charge in [0.2, 0.25) is 0 Å². The Morgan fingerprint density at radius 2 is 2.40 bits per heavy atom. The minimum absolute atomic E-state index is 0.184. The molecule has 0 spiro atoms. The van der Waals surface area contributed by atoms with Gasteiger partial charge in [-0.15, -0.1) is 0 Å². The predicted octanol–water partition coefficient (Wildman–Crippen LogP) is 1.37. The first-order valence-electron chi connectivity index (χ1n) is 4.82. The number of ether oxygens (including phenoxy) is 1. The summed E-state index contributed by atoms with van der Waals surface area (Å²) in [6.45, 7) is 2.62. The highest BCUT2D eigenvalue weighted by Crippen LogP contribution is 2.15. The largest absolute Gasteiger partial charge is 0.383 e. The Morgan fingerprint density at radius 1 is 1.67 bits per heavy atom. The lowest BCUT2D eigenvalue weighted by atomic mass is 10.2. The first-order chi connectivity index (χ1) is 7.20. The van der Waals surface area contributed by atoms with E-state index in [2.05, 4.69) is 4.98 Å². The number of likely N-dealkylation sites (N-methyl/N-ethyl adjacent to an activating group) is 1. The number of aldehydes is 1. The molecule has 0 N–H and O–H groups in total. The number of anilines is 1. The van der Waals surface area contributed by atoms with Gasteiger partial charge in [-0.2, -0.15) is 0 Å². The summed E-state index contributed by atoms with van der Waals surface area (Å²) >= 11 is 0. The van der Waals surface area contributed by atoms with Gasteiger partial charge in [0.05, 0.1) is 18.2 Å². The van der Waals surface area contributed by atoms with Crippen LogP contribution in [-0.4, -0.2) is 38.1 Å². The number of carbonyl (C=O) groups is 1. The molecule has 0 aliphatic carbocycles. The van der Waals surface area contributed by atoms with E-state index in [9.17, 15) is 4.79 Å². The van der Waals surface area contributed by atoms with Gasteiger partial charge in [-0.25, -0.2) is 4.98 Å². The SMILES string of the molecule is COCC(C)N(C)c1ncccc1C=O. The molecular formula is C11H16N2O2. The van der Waals surface area contributed by atoms with Crippen molar-refractivity contribution in [3.63, 3.8) is 0 Å². The molecular weight excluding hydrogens is 192 g/mol. The summed E-state index contributed by atoms with van der Waals surface area (Å²) in [6, 6.07) is 3.69. The van der Waals surface area contributed by atoms with Gasteiger partial charge in [-0.3, -0.25) is 4.79 Å². The second-order valence-electron chi connectivity index (χ2n) is 3.45. The molecule has 1 rings (SSSR count). The van der Waals surface area contributed by atoms with Crippen LogP contribution >= 0.6 is 0 Å². The van der Waals surface area contributed by atoms with Crippen LogP contribution < -0.4 is 4.90 Å². The van der Waals surface area contributed by atoms with Crippen molar-refractivity contribution in [1.29, 1.82) is 0 Å². The van der Waals surface area contributed by atoms with E-state index in [-0.39, 0.29) is 6.04 Å². The highest BCUT2D eigenvalue weighted by atomic mass is 16.5. The number of pyridine rings is 1. The fourth-order valence-electron chi connectivity index (χ4n) is 1.36. The quantitative estimate of drug-likeness (QED) is 0.685. The summed E-state index contributed by atoms with van der Waals surface area (Å²) in [5.74, 6) is 0.692. The average molecular weight is 208 g/mol. The summed E-state index contributed by atoms with van der Waals surface area (Å²) in [7, 11) is 3.56. The monoisotopic (exact) mass is 208 g/mol. The molecule has 0 aliphatic rings. The molecule has 0 aliphatic heterocycles. The first-order valence-corrected chi connectivity index (χ1v) is 4.82. The summed E-state index contributed by atoms with van der Waals surface area (Å²) < 4.78 is 5.06. The van der Waals surface area contributed by atoms with Gasteiger partial charge in [0.25, 0.3) is 0 Å². The Hall–Kier alpha value is -1.42. The lowest BCUT2D eigenvalue weighted by molar-refractivity contribution is 0.112. The smallest absolute Gasteiger partial charge is 0.153 e. The van der Waals surface area contributed by atoms with Gasteiger partial charge in [-0.05, 0) is 19.1 Å². The van der Waals surface area contributed by atoms with Crippen LogP contribution in [0, 0.1) is 0 Å². The molecule has 1 aromatic rings. The molecule has 15 heavy (non-hydrogen) atoms. The van der Waals surface area contributed by atoms with Crippen molar-refractivity contribution in [2.45, 2.75) is 13.0 Å². The lowest BCUT2D eigenvalue weighted by Gasteiger charge is -2.26. The summed E-state index contributed by atoms with van der Waals surface area (Å²) in [5, 5.41) is 0. The van der Waals surface area contributed by atoms with Crippen molar-refractivity contribution >= 4 is 12.1 Å². The summed E-state index contributed by atoms with van der Waals surface area (Å²) in [5.41, 5.74) is 0.600. The molecule has 0 amide bonds. The van der Waals surface area contributed by atoms with Crippen LogP contribution in [0.4, 0.5) is 5.82 Å². The van der Waals surface area contributed by atoms with E-state index in [0.29, 0.717) is 18.0 Å². The predicted molar refractivity (Wildman–Crippen MR) is 59.4 cm³/mol. The van der Waals surface area contributed by atoms with Crippen LogP contribution in [0.3, 0.4) is 0 Å². The van der Waals surface area contributed by atoms with E-state index in [1.807, 2.05) is 18.9 Å². The van der Waals surface area contributed by atoms with Gasteiger partial charge in [0, 0.05) is 20.4 Å². The molecule has 1 heterocycles. The Labute approximate surface area is 89.9 Å². The van der Waals surface area contributed by atoms with E-state index in [1.54, 1.807) is 25.4 Å². The molecule has 1 aromatic heterocycles. The third kappa shape index (κ3) is 2.76. The normalized spacial score (nSPS) is 12.2. The number of hydrogen-bond acceptors (Lipinski definition) is 4. The van der Waals surface area contributed by atoms with Crippen LogP contribution in [0.25, 0.3) is 0 Å². The molecule has 0 bridgehead atoms. The van der Waals surface area contributed by atoms with Crippen molar-refractivity contribution < 1.29 is 9.53 Å². The minimum Gasteiger partial charge on any atom is -0.383 e. The first kappa shape index (κ1) is 11.7. The topological polar surface area (TPSA) is 42.4 Å². The number of aromatic nitrogens is 1. The molecule has 1 atom stereocenters. The maximum Gasteiger partial charge on any atom is 0.153 e. The Kier molecular flexibility index (Phi) is 4.24. The third-order valence-corrected chi connectivity index (χ3v) is 2.35. The summed E-state index contributed by atoms with van der Waals surface area (Å²) in [4.78, 5) is 16.9. The maximum atomic E-state index is 10.8. The van der Waals surface area contributed by atoms with Crippen molar-refractivity contribution in [2.75, 3.05) is 25.7 Å². The van der Waals surface area contributed by atoms with Crippen LogP contribution in [0.2, 0.25) is 0 Å². The molecule has 0 saturated carbocycles. The van der Waals surface area contributed by atoms with Gasteiger partial charge in [-0.1, -0.05) is 0 Å². The zero-order valence-electron chi connectivity index (χ0n) is 9.30.